The van der Waals surface area contributed by atoms with E-state index in [0.29, 0.717) is 80.0 Å². The zero-order valence-corrected chi connectivity index (χ0v) is 53.4. The molecule has 0 saturated heterocycles. The number of amides is 3. The molecule has 0 radical (unpaired) electrons. The van der Waals surface area contributed by atoms with Gasteiger partial charge in [0.2, 0.25) is 36.0 Å². The third kappa shape index (κ3) is 20.4. The van der Waals surface area contributed by atoms with E-state index in [-0.39, 0.29) is 79.9 Å². The van der Waals surface area contributed by atoms with E-state index in [1.54, 1.807) is 29.5 Å². The summed E-state index contributed by atoms with van der Waals surface area (Å²) in [5.74, 6) is -4.70. The number of hydrogen-bond acceptors (Lipinski definition) is 7. The Morgan fingerprint density at radius 1 is 0.671 bits per heavy atom. The van der Waals surface area contributed by atoms with E-state index in [0.717, 1.165) is 73.5 Å². The van der Waals surface area contributed by atoms with Gasteiger partial charge in [0.15, 0.2) is 0 Å². The number of hydrogen-bond donors (Lipinski definition) is 3. The summed E-state index contributed by atoms with van der Waals surface area (Å²) in [7, 11) is 5.20. The predicted octanol–water partition coefficient (Wildman–Crippen LogP) is 17.9. The highest BCUT2D eigenvalue weighted by Crippen LogP contribution is 2.52. The van der Waals surface area contributed by atoms with Gasteiger partial charge in [-0.05, 0) is 105 Å². The Kier molecular flexibility index (Phi) is 25.9. The quantitative estimate of drug-likeness (QED) is 0.107. The molecule has 7 fully saturated rings. The molecule has 3 aromatic rings. The zero-order chi connectivity index (χ0) is 63.2. The maximum absolute atomic E-state index is 13.4. The number of carbonyl (C=O) groups excluding carboxylic acids is 3. The first-order chi connectivity index (χ1) is 39.9. The molecule has 13 nitrogen and oxygen atoms in total. The Balaban J connectivity index is 0.000000217. The highest BCUT2D eigenvalue weighted by molar-refractivity contribution is 5.91. The van der Waals surface area contributed by atoms with E-state index < -0.39 is 41.6 Å². The normalized spacial score (nSPS) is 21.4. The van der Waals surface area contributed by atoms with Gasteiger partial charge in [0.05, 0.1) is 23.7 Å². The molecule has 2 unspecified atom stereocenters. The number of aryl methyl sites for hydroxylation is 3. The van der Waals surface area contributed by atoms with Crippen molar-refractivity contribution < 1.29 is 54.2 Å². The molecular formula is C64H103F8N9O4. The van der Waals surface area contributed by atoms with E-state index in [1.807, 2.05) is 55.5 Å². The second-order valence-electron chi connectivity index (χ2n) is 26.6. The predicted molar refractivity (Wildman–Crippen MR) is 320 cm³/mol. The van der Waals surface area contributed by atoms with Gasteiger partial charge in [-0.15, -0.1) is 0 Å². The SMILES string of the molecule is CC.CC.CC1CCC1.CCCC(C)c1c(C2CC(F)(F)C2)nn(C)c1NC(=O)OCC1CCC1.Cn1nc(CC2CC(F)(F)C2)c(C2CCC2)c1NC(=O)CC(C)(C)C.Cn1nc(CC2CCC(F)(F)C2)cc1NC(=O)CC1(C(F)F)CCC1. The highest BCUT2D eigenvalue weighted by atomic mass is 19.3. The number of alkyl halides is 8. The van der Waals surface area contributed by atoms with Crippen molar-refractivity contribution in [1.82, 2.24) is 29.3 Å². The fraction of sp³-hybridized carbons (Fsp3) is 0.812. The minimum Gasteiger partial charge on any atom is -0.449 e. The van der Waals surface area contributed by atoms with Crippen molar-refractivity contribution in [3.05, 3.63) is 34.3 Å². The average Bonchev–Trinajstić information content (AvgIpc) is 4.18. The Labute approximate surface area is 501 Å². The van der Waals surface area contributed by atoms with Crippen molar-refractivity contribution in [1.29, 1.82) is 0 Å². The summed E-state index contributed by atoms with van der Waals surface area (Å²) in [6.07, 6.45) is 12.6. The van der Waals surface area contributed by atoms with Crippen LogP contribution in [0, 0.1) is 34.5 Å². The Hall–Kier alpha value is -4.72. The van der Waals surface area contributed by atoms with Crippen LogP contribution in [0.1, 0.15) is 263 Å². The molecular weight excluding hydrogens is 1110 g/mol. The summed E-state index contributed by atoms with van der Waals surface area (Å²) in [5.41, 5.74) is 2.93. The van der Waals surface area contributed by atoms with Crippen LogP contribution in [-0.4, -0.2) is 78.0 Å². The van der Waals surface area contributed by atoms with Crippen molar-refractivity contribution >= 4 is 35.4 Å². The molecule has 3 amide bonds. The van der Waals surface area contributed by atoms with Crippen LogP contribution in [-0.2, 0) is 48.3 Å². The maximum atomic E-state index is 13.4. The molecule has 7 aliphatic rings. The number of anilines is 3. The van der Waals surface area contributed by atoms with Crippen LogP contribution in [0.4, 0.5) is 57.4 Å². The molecule has 3 N–H and O–H groups in total. The number of ether oxygens (including phenoxy) is 1. The Bertz CT molecular complexity index is 2580. The number of rotatable bonds is 18. The lowest BCUT2D eigenvalue weighted by Gasteiger charge is -2.40. The summed E-state index contributed by atoms with van der Waals surface area (Å²) >= 11 is 0. The zero-order valence-electron chi connectivity index (χ0n) is 53.4. The second kappa shape index (κ2) is 31.0. The number of aromatic nitrogens is 6. The molecule has 0 bridgehead atoms. The average molecular weight is 1210 g/mol. The minimum atomic E-state index is -2.59. The first kappa shape index (κ1) is 71.0. The molecule has 7 saturated carbocycles. The first-order valence-corrected chi connectivity index (χ1v) is 32.0. The third-order valence-electron chi connectivity index (χ3n) is 17.9. The number of carbonyl (C=O) groups is 3. The van der Waals surface area contributed by atoms with Gasteiger partial charge in [-0.3, -0.25) is 29.0 Å². The largest absolute Gasteiger partial charge is 0.449 e. The van der Waals surface area contributed by atoms with Crippen LogP contribution in [0.2, 0.25) is 0 Å². The fourth-order valence-corrected chi connectivity index (χ4v) is 12.3. The van der Waals surface area contributed by atoms with Gasteiger partial charge in [0.25, 0.3) is 0 Å². The van der Waals surface area contributed by atoms with Crippen molar-refractivity contribution in [2.75, 3.05) is 22.6 Å². The minimum absolute atomic E-state index is 0.00172. The van der Waals surface area contributed by atoms with E-state index in [4.69, 9.17) is 4.74 Å². The lowest BCUT2D eigenvalue weighted by Crippen LogP contribution is -2.40. The van der Waals surface area contributed by atoms with E-state index in [1.165, 1.54) is 36.8 Å². The van der Waals surface area contributed by atoms with Crippen LogP contribution in [0.15, 0.2) is 6.07 Å². The molecule has 0 aliphatic heterocycles. The first-order valence-electron chi connectivity index (χ1n) is 32.0. The standard InChI is InChI=1S/C19H29F2N3O2.C19H29F2N3O.C17H23F4N3O.C5H10.2C2H6/c1-4-6-12(2)15-16(14-9-19(20,21)10-14)23-24(3)17(15)22-18(25)26-11-13-7-5-8-13;1-18(2,3)11-15(25)22-17-16(13-6-5-7-13)14(23-24(17)4)8-12-9-19(20,21)10-12;1-24-13(22-14(25)10-16(15(18)19)4-2-5-16)8-12(23-24)7-11-3-6-17(20,21)9-11;1-5-3-2-4-5;2*1-2/h12-14H,4-11H2,1-3H3,(H,22,25);12-13H,5-11H2,1-4H3,(H,22,25);8,11,15H,2-7,9-10H2,1H3,(H,22,25);5H,2-4H2,1H3;2*1-2H3. The Morgan fingerprint density at radius 3 is 1.71 bits per heavy atom. The smallest absolute Gasteiger partial charge is 0.412 e. The third-order valence-corrected chi connectivity index (χ3v) is 17.9. The van der Waals surface area contributed by atoms with Crippen LogP contribution in [0.5, 0.6) is 0 Å². The van der Waals surface area contributed by atoms with Crippen LogP contribution >= 0.6 is 0 Å². The van der Waals surface area contributed by atoms with Gasteiger partial charge in [-0.2, -0.15) is 15.3 Å². The van der Waals surface area contributed by atoms with Crippen LogP contribution < -0.4 is 16.0 Å². The van der Waals surface area contributed by atoms with Crippen molar-refractivity contribution in [2.24, 2.45) is 55.6 Å². The van der Waals surface area contributed by atoms with Gasteiger partial charge in [-0.25, -0.2) is 39.9 Å². The lowest BCUT2D eigenvalue weighted by molar-refractivity contribution is -0.127. The molecule has 7 aliphatic carbocycles. The molecule has 21 heteroatoms. The Morgan fingerprint density at radius 2 is 1.25 bits per heavy atom. The van der Waals surface area contributed by atoms with E-state index >= 15 is 0 Å². The van der Waals surface area contributed by atoms with Crippen molar-refractivity contribution in [2.45, 2.75) is 272 Å². The highest BCUT2D eigenvalue weighted by Gasteiger charge is 2.50. The lowest BCUT2D eigenvalue weighted by atomic mass is 9.67. The molecule has 2 atom stereocenters. The van der Waals surface area contributed by atoms with Crippen LogP contribution in [0.3, 0.4) is 0 Å². The summed E-state index contributed by atoms with van der Waals surface area (Å²) in [6.45, 7) is 21.0. The summed E-state index contributed by atoms with van der Waals surface area (Å²) in [5, 5.41) is 21.8. The second-order valence-corrected chi connectivity index (χ2v) is 26.6. The van der Waals surface area contributed by atoms with Gasteiger partial charge in [0.1, 0.15) is 17.5 Å². The van der Waals surface area contributed by atoms with Gasteiger partial charge in [0, 0.05) is 101 Å². The molecule has 3 heterocycles. The topological polar surface area (TPSA) is 150 Å². The fourth-order valence-electron chi connectivity index (χ4n) is 12.3. The van der Waals surface area contributed by atoms with Crippen molar-refractivity contribution in [3.63, 3.8) is 0 Å². The molecule has 3 aromatic heterocycles. The summed E-state index contributed by atoms with van der Waals surface area (Å²) < 4.78 is 116. The van der Waals surface area contributed by atoms with Gasteiger partial charge < -0.3 is 15.4 Å². The van der Waals surface area contributed by atoms with Crippen molar-refractivity contribution in [3.8, 4) is 0 Å². The van der Waals surface area contributed by atoms with E-state index in [9.17, 15) is 49.5 Å². The number of nitrogens with one attached hydrogen (secondary N) is 3. The monoisotopic (exact) mass is 1210 g/mol. The van der Waals surface area contributed by atoms with Crippen LogP contribution in [0.25, 0.3) is 0 Å². The maximum Gasteiger partial charge on any atom is 0.412 e. The van der Waals surface area contributed by atoms with E-state index in [2.05, 4.69) is 52.0 Å². The number of halogens is 8. The molecule has 0 aromatic carbocycles. The molecule has 10 rings (SSSR count). The molecule has 484 valence electrons. The number of nitrogens with zero attached hydrogens (tertiary/aromatic N) is 6. The summed E-state index contributed by atoms with van der Waals surface area (Å²) in [6, 6.07) is 1.64. The van der Waals surface area contributed by atoms with Gasteiger partial charge >= 0.3 is 6.09 Å². The molecule has 0 spiro atoms. The molecule has 85 heavy (non-hydrogen) atoms. The van der Waals surface area contributed by atoms with Gasteiger partial charge in [-0.1, -0.05) is 114 Å². The summed E-state index contributed by atoms with van der Waals surface area (Å²) in [4.78, 5) is 36.7.